The van der Waals surface area contributed by atoms with Crippen molar-refractivity contribution in [1.82, 2.24) is 15.4 Å². The van der Waals surface area contributed by atoms with Crippen LogP contribution in [0.4, 0.5) is 11.5 Å². The smallest absolute Gasteiger partial charge is 0.276 e. The summed E-state index contributed by atoms with van der Waals surface area (Å²) < 4.78 is 0. The molecule has 3 N–H and O–H groups in total. The summed E-state index contributed by atoms with van der Waals surface area (Å²) in [6, 6.07) is 14.2. The lowest BCUT2D eigenvalue weighted by atomic mass is 10.1. The quantitative estimate of drug-likeness (QED) is 0.427. The van der Waals surface area contributed by atoms with E-state index < -0.39 is 0 Å². The van der Waals surface area contributed by atoms with E-state index in [9.17, 15) is 9.59 Å². The minimum Gasteiger partial charge on any atom is -0.380 e. The zero-order chi connectivity index (χ0) is 22.9. The molecule has 1 aliphatic carbocycles. The molecule has 3 aromatic rings. The molecular weight excluding hydrogens is 418 g/mol. The molecule has 1 fully saturated rings. The lowest BCUT2D eigenvalue weighted by molar-refractivity contribution is 0.0172. The monoisotopic (exact) mass is 445 g/mol. The van der Waals surface area contributed by atoms with Gasteiger partial charge >= 0.3 is 0 Å². The third-order valence-corrected chi connectivity index (χ3v) is 5.62. The third kappa shape index (κ3) is 6.36. The van der Waals surface area contributed by atoms with Crippen molar-refractivity contribution in [2.45, 2.75) is 32.2 Å². The van der Waals surface area contributed by atoms with Gasteiger partial charge in [-0.15, -0.1) is 0 Å². The molecule has 8 nitrogen and oxygen atoms in total. The number of benzene rings is 1. The number of carbonyl (C=O) groups is 2. The predicted octanol–water partition coefficient (Wildman–Crippen LogP) is 4.19. The number of nitrogens with zero attached hydrogens (tertiary/aromatic N) is 2. The first-order valence-electron chi connectivity index (χ1n) is 11.1. The summed E-state index contributed by atoms with van der Waals surface area (Å²) in [4.78, 5) is 38.6. The van der Waals surface area contributed by atoms with Gasteiger partial charge in [0.15, 0.2) is 0 Å². The fraction of sp³-hybridized carbons (Fsp3) is 0.280. The van der Waals surface area contributed by atoms with Gasteiger partial charge in [-0.3, -0.25) is 19.4 Å². The second-order valence-corrected chi connectivity index (χ2v) is 8.03. The molecule has 0 unspecified atom stereocenters. The highest BCUT2D eigenvalue weighted by molar-refractivity contribution is 6.03. The van der Waals surface area contributed by atoms with E-state index in [1.165, 1.54) is 12.8 Å². The van der Waals surface area contributed by atoms with E-state index in [2.05, 4.69) is 26.1 Å². The Labute approximate surface area is 192 Å². The number of hydrogen-bond donors (Lipinski definition) is 3. The second-order valence-electron chi connectivity index (χ2n) is 8.03. The number of anilines is 2. The Kier molecular flexibility index (Phi) is 7.60. The molecule has 4 rings (SSSR count). The maximum Gasteiger partial charge on any atom is 0.276 e. The highest BCUT2D eigenvalue weighted by atomic mass is 16.6. The number of rotatable bonds is 9. The Morgan fingerprint density at radius 3 is 2.58 bits per heavy atom. The summed E-state index contributed by atoms with van der Waals surface area (Å²) in [7, 11) is 0. The second kappa shape index (κ2) is 11.2. The first kappa shape index (κ1) is 22.4. The maximum atomic E-state index is 12.6. The number of para-hydroxylation sites is 1. The molecule has 0 spiro atoms. The topological polar surface area (TPSA) is 105 Å². The van der Waals surface area contributed by atoms with Crippen molar-refractivity contribution in [3.63, 3.8) is 0 Å². The lowest BCUT2D eigenvalue weighted by Gasteiger charge is -2.14. The average Bonchev–Trinajstić information content (AvgIpc) is 3.37. The van der Waals surface area contributed by atoms with Gasteiger partial charge in [0, 0.05) is 36.4 Å². The van der Waals surface area contributed by atoms with E-state index in [0.29, 0.717) is 41.7 Å². The van der Waals surface area contributed by atoms with Crippen molar-refractivity contribution in [2.75, 3.05) is 17.2 Å². The molecule has 33 heavy (non-hydrogen) atoms. The Bertz CT molecular complexity index is 1080. The number of nitrogens with one attached hydrogen (secondary N) is 3. The number of aromatic nitrogens is 2. The number of hydroxylamine groups is 1. The van der Waals surface area contributed by atoms with Crippen LogP contribution in [0, 0.1) is 5.92 Å². The first-order valence-corrected chi connectivity index (χ1v) is 11.1. The molecule has 0 bridgehead atoms. The molecule has 0 aliphatic heterocycles. The van der Waals surface area contributed by atoms with E-state index >= 15 is 0 Å². The van der Waals surface area contributed by atoms with Gasteiger partial charge in [-0.25, -0.2) is 10.5 Å². The molecule has 8 heteroatoms. The van der Waals surface area contributed by atoms with Crippen LogP contribution in [-0.4, -0.2) is 28.4 Å². The maximum absolute atomic E-state index is 12.6. The zero-order valence-electron chi connectivity index (χ0n) is 18.3. The van der Waals surface area contributed by atoms with Crippen molar-refractivity contribution in [1.29, 1.82) is 0 Å². The Balaban J connectivity index is 1.34. The van der Waals surface area contributed by atoms with Gasteiger partial charge in [-0.05, 0) is 60.7 Å². The molecule has 2 aromatic heterocycles. The summed E-state index contributed by atoms with van der Waals surface area (Å²) in [6.45, 7) is 1.00. The number of hydrogen-bond acceptors (Lipinski definition) is 6. The average molecular weight is 446 g/mol. The molecule has 1 aliphatic rings. The Morgan fingerprint density at radius 2 is 1.76 bits per heavy atom. The molecule has 0 radical (unpaired) electrons. The van der Waals surface area contributed by atoms with Gasteiger partial charge in [0.1, 0.15) is 5.82 Å². The Hall–Kier alpha value is -3.78. The molecule has 2 heterocycles. The number of pyridine rings is 2. The van der Waals surface area contributed by atoms with Crippen molar-refractivity contribution >= 4 is 23.3 Å². The van der Waals surface area contributed by atoms with E-state index in [4.69, 9.17) is 4.84 Å². The van der Waals surface area contributed by atoms with Gasteiger partial charge in [0.25, 0.3) is 11.8 Å². The van der Waals surface area contributed by atoms with Crippen molar-refractivity contribution in [2.24, 2.45) is 5.92 Å². The van der Waals surface area contributed by atoms with E-state index in [0.717, 1.165) is 18.4 Å². The molecule has 1 aromatic carbocycles. The molecular formula is C25H27N5O3. The SMILES string of the molecule is O=C(Nc1cc(CNc2ccccc2C(=O)NOCC2CCCC2)ccn1)c1ccncc1. The van der Waals surface area contributed by atoms with Crippen molar-refractivity contribution in [3.8, 4) is 0 Å². The summed E-state index contributed by atoms with van der Waals surface area (Å²) in [5, 5.41) is 6.08. The fourth-order valence-electron chi connectivity index (χ4n) is 3.83. The third-order valence-electron chi connectivity index (χ3n) is 5.62. The summed E-state index contributed by atoms with van der Waals surface area (Å²) in [5.74, 6) is 0.437. The highest BCUT2D eigenvalue weighted by Gasteiger charge is 2.17. The normalized spacial score (nSPS) is 13.5. The van der Waals surface area contributed by atoms with Crippen LogP contribution in [0.1, 0.15) is 52.0 Å². The number of carbonyl (C=O) groups excluding carboxylic acids is 2. The standard InChI is InChI=1S/C25H27N5O3/c31-24(20-10-12-26-13-11-20)29-23-15-19(9-14-27-23)16-28-22-8-4-3-7-21(22)25(32)30-33-17-18-5-1-2-6-18/h3-4,7-15,18,28H,1-2,5-6,16-17H2,(H,30,32)(H,27,29,31). The van der Waals surface area contributed by atoms with Crippen LogP contribution in [0.5, 0.6) is 0 Å². The molecule has 1 saturated carbocycles. The molecule has 0 atom stereocenters. The van der Waals surface area contributed by atoms with Crippen LogP contribution < -0.4 is 16.1 Å². The van der Waals surface area contributed by atoms with E-state index in [1.54, 1.807) is 42.9 Å². The zero-order valence-corrected chi connectivity index (χ0v) is 18.3. The van der Waals surface area contributed by atoms with Gasteiger partial charge in [0.05, 0.1) is 12.2 Å². The largest absolute Gasteiger partial charge is 0.380 e. The van der Waals surface area contributed by atoms with Crippen molar-refractivity contribution < 1.29 is 14.4 Å². The summed E-state index contributed by atoms with van der Waals surface area (Å²) in [5.41, 5.74) is 5.18. The van der Waals surface area contributed by atoms with Crippen molar-refractivity contribution in [3.05, 3.63) is 83.8 Å². The van der Waals surface area contributed by atoms with Gasteiger partial charge < -0.3 is 10.6 Å². The predicted molar refractivity (Wildman–Crippen MR) is 126 cm³/mol. The lowest BCUT2D eigenvalue weighted by Crippen LogP contribution is -2.27. The van der Waals surface area contributed by atoms with E-state index in [-0.39, 0.29) is 11.8 Å². The summed E-state index contributed by atoms with van der Waals surface area (Å²) >= 11 is 0. The first-order chi connectivity index (χ1) is 16.2. The Morgan fingerprint density at radius 1 is 0.970 bits per heavy atom. The van der Waals surface area contributed by atoms with Crippen LogP contribution in [0.15, 0.2) is 67.1 Å². The number of amides is 2. The van der Waals surface area contributed by atoms with Gasteiger partial charge in [-0.1, -0.05) is 25.0 Å². The fourth-order valence-corrected chi connectivity index (χ4v) is 3.83. The highest BCUT2D eigenvalue weighted by Crippen LogP contribution is 2.24. The van der Waals surface area contributed by atoms with Crippen LogP contribution in [-0.2, 0) is 11.4 Å². The van der Waals surface area contributed by atoms with Crippen LogP contribution in [0.25, 0.3) is 0 Å². The van der Waals surface area contributed by atoms with Crippen LogP contribution >= 0.6 is 0 Å². The van der Waals surface area contributed by atoms with Crippen LogP contribution in [0.2, 0.25) is 0 Å². The summed E-state index contributed by atoms with van der Waals surface area (Å²) in [6.07, 6.45) is 9.55. The minimum atomic E-state index is -0.281. The van der Waals surface area contributed by atoms with Gasteiger partial charge in [0.2, 0.25) is 0 Å². The van der Waals surface area contributed by atoms with Gasteiger partial charge in [-0.2, -0.15) is 0 Å². The van der Waals surface area contributed by atoms with E-state index in [1.807, 2.05) is 24.3 Å². The molecule has 170 valence electrons. The molecule has 0 saturated heterocycles. The molecule has 2 amide bonds. The minimum absolute atomic E-state index is 0.255. The van der Waals surface area contributed by atoms with Crippen LogP contribution in [0.3, 0.4) is 0 Å².